The summed E-state index contributed by atoms with van der Waals surface area (Å²) in [6.45, 7) is 5.59. The van der Waals surface area contributed by atoms with Crippen molar-refractivity contribution in [2.24, 2.45) is 5.41 Å². The van der Waals surface area contributed by atoms with Crippen LogP contribution in [0.4, 0.5) is 5.13 Å². The first-order valence-corrected chi connectivity index (χ1v) is 8.59. The van der Waals surface area contributed by atoms with Gasteiger partial charge in [0, 0.05) is 11.2 Å². The van der Waals surface area contributed by atoms with Crippen molar-refractivity contribution in [2.45, 2.75) is 30.9 Å². The Kier molecular flexibility index (Phi) is 5.42. The number of amides is 1. The highest BCUT2D eigenvalue weighted by molar-refractivity contribution is 8.00. The molecule has 0 spiro atoms. The Balaban J connectivity index is 1.93. The summed E-state index contributed by atoms with van der Waals surface area (Å²) < 4.78 is 6.03. The van der Waals surface area contributed by atoms with Crippen molar-refractivity contribution < 1.29 is 9.53 Å². The Morgan fingerprint density at radius 3 is 2.82 bits per heavy atom. The molecule has 0 aliphatic heterocycles. The highest BCUT2D eigenvalue weighted by Crippen LogP contribution is 2.29. The van der Waals surface area contributed by atoms with Crippen molar-refractivity contribution in [2.75, 3.05) is 12.4 Å². The van der Waals surface area contributed by atoms with Crippen molar-refractivity contribution in [3.63, 3.8) is 0 Å². The summed E-state index contributed by atoms with van der Waals surface area (Å²) >= 11 is 2.97. The first-order valence-electron chi connectivity index (χ1n) is 6.79. The van der Waals surface area contributed by atoms with Gasteiger partial charge in [0.25, 0.3) is 0 Å². The number of thioether (sulfide) groups is 1. The minimum absolute atomic E-state index is 0.0620. The summed E-state index contributed by atoms with van der Waals surface area (Å²) in [6, 6.07) is 7.91. The summed E-state index contributed by atoms with van der Waals surface area (Å²) in [5, 5.41) is 11.4. The zero-order valence-electron chi connectivity index (χ0n) is 13.0. The first kappa shape index (κ1) is 16.8. The number of methoxy groups -OCH3 is 1. The second kappa shape index (κ2) is 7.11. The Hall–Kier alpha value is -1.60. The number of hydrogen-bond donors (Lipinski definition) is 1. The molecular formula is C15H19N3O2S2. The van der Waals surface area contributed by atoms with Crippen molar-refractivity contribution in [3.05, 3.63) is 29.8 Å². The fraction of sp³-hybridized carbons (Fsp3) is 0.400. The lowest BCUT2D eigenvalue weighted by Crippen LogP contribution is -2.27. The van der Waals surface area contributed by atoms with Gasteiger partial charge >= 0.3 is 0 Å². The van der Waals surface area contributed by atoms with Crippen molar-refractivity contribution in [1.29, 1.82) is 0 Å². The minimum atomic E-state index is -0.445. The van der Waals surface area contributed by atoms with Crippen LogP contribution in [-0.4, -0.2) is 23.2 Å². The molecule has 0 saturated carbocycles. The Morgan fingerprint density at radius 1 is 1.36 bits per heavy atom. The molecule has 2 aromatic rings. The van der Waals surface area contributed by atoms with E-state index in [0.717, 1.165) is 21.4 Å². The van der Waals surface area contributed by atoms with Gasteiger partial charge in [-0.15, -0.1) is 10.2 Å². The molecule has 0 fully saturated rings. The van der Waals surface area contributed by atoms with E-state index in [0.29, 0.717) is 5.13 Å². The molecule has 1 aromatic carbocycles. The summed E-state index contributed by atoms with van der Waals surface area (Å²) in [5.74, 6) is 1.56. The molecule has 0 radical (unpaired) electrons. The van der Waals surface area contributed by atoms with Crippen LogP contribution in [0.3, 0.4) is 0 Å². The molecule has 1 amide bonds. The Bertz CT molecular complexity index is 650. The number of ether oxygens (including phenoxy) is 1. The fourth-order valence-electron chi connectivity index (χ4n) is 1.51. The molecule has 0 aliphatic rings. The SMILES string of the molecule is COc1cccc(CSc2nnc(NC(=O)C(C)(C)C)s2)c1. The van der Waals surface area contributed by atoms with Crippen LogP contribution < -0.4 is 10.1 Å². The molecule has 0 bridgehead atoms. The second-order valence-corrected chi connectivity index (χ2v) is 7.92. The van der Waals surface area contributed by atoms with E-state index >= 15 is 0 Å². The monoisotopic (exact) mass is 337 g/mol. The van der Waals surface area contributed by atoms with Crippen molar-refractivity contribution in [3.8, 4) is 5.75 Å². The fourth-order valence-corrected chi connectivity index (χ4v) is 3.20. The normalized spacial score (nSPS) is 11.3. The maximum Gasteiger partial charge on any atom is 0.231 e. The molecule has 1 aromatic heterocycles. The van der Waals surface area contributed by atoms with E-state index < -0.39 is 5.41 Å². The molecular weight excluding hydrogens is 318 g/mol. The van der Waals surface area contributed by atoms with Crippen LogP contribution >= 0.6 is 23.1 Å². The summed E-state index contributed by atoms with van der Waals surface area (Å²) in [7, 11) is 1.65. The third-order valence-corrected chi connectivity index (χ3v) is 4.85. The lowest BCUT2D eigenvalue weighted by Gasteiger charge is -2.15. The van der Waals surface area contributed by atoms with Gasteiger partial charge in [-0.2, -0.15) is 0 Å². The number of rotatable bonds is 5. The van der Waals surface area contributed by atoms with Gasteiger partial charge in [-0.05, 0) is 17.7 Å². The summed E-state index contributed by atoms with van der Waals surface area (Å²) in [5.41, 5.74) is 0.708. The molecule has 22 heavy (non-hydrogen) atoms. The first-order chi connectivity index (χ1) is 10.4. The largest absolute Gasteiger partial charge is 0.497 e. The van der Waals surface area contributed by atoms with Crippen LogP contribution in [0, 0.1) is 5.41 Å². The number of carbonyl (C=O) groups is 1. The maximum absolute atomic E-state index is 11.9. The number of anilines is 1. The van der Waals surface area contributed by atoms with Gasteiger partial charge in [0.05, 0.1) is 7.11 Å². The highest BCUT2D eigenvalue weighted by atomic mass is 32.2. The Labute approximate surface area is 138 Å². The van der Waals surface area contributed by atoms with Crippen LogP contribution in [-0.2, 0) is 10.5 Å². The predicted molar refractivity (Wildman–Crippen MR) is 90.5 cm³/mol. The number of carbonyl (C=O) groups excluding carboxylic acids is 1. The third kappa shape index (κ3) is 4.71. The van der Waals surface area contributed by atoms with Gasteiger partial charge < -0.3 is 10.1 Å². The lowest BCUT2D eigenvalue weighted by atomic mass is 9.96. The van der Waals surface area contributed by atoms with Crippen molar-refractivity contribution >= 4 is 34.1 Å². The van der Waals surface area contributed by atoms with Gasteiger partial charge in [0.15, 0.2) is 4.34 Å². The van der Waals surface area contributed by atoms with E-state index in [1.165, 1.54) is 11.3 Å². The van der Waals surface area contributed by atoms with Crippen LogP contribution in [0.1, 0.15) is 26.3 Å². The van der Waals surface area contributed by atoms with E-state index in [-0.39, 0.29) is 5.91 Å². The average Bonchev–Trinajstić information content (AvgIpc) is 2.92. The molecule has 118 valence electrons. The lowest BCUT2D eigenvalue weighted by molar-refractivity contribution is -0.123. The zero-order chi connectivity index (χ0) is 16.2. The zero-order valence-corrected chi connectivity index (χ0v) is 14.7. The number of benzene rings is 1. The third-order valence-electron chi connectivity index (χ3n) is 2.80. The summed E-state index contributed by atoms with van der Waals surface area (Å²) in [4.78, 5) is 11.9. The smallest absolute Gasteiger partial charge is 0.231 e. The van der Waals surface area contributed by atoms with Crippen molar-refractivity contribution in [1.82, 2.24) is 10.2 Å². The summed E-state index contributed by atoms with van der Waals surface area (Å²) in [6.07, 6.45) is 0. The minimum Gasteiger partial charge on any atom is -0.497 e. The topological polar surface area (TPSA) is 64.1 Å². The van der Waals surface area contributed by atoms with Gasteiger partial charge in [0.2, 0.25) is 11.0 Å². The second-order valence-electron chi connectivity index (χ2n) is 5.72. The van der Waals surface area contributed by atoms with Crippen LogP contribution in [0.15, 0.2) is 28.6 Å². The van der Waals surface area contributed by atoms with Gasteiger partial charge in [-0.1, -0.05) is 56.0 Å². The van der Waals surface area contributed by atoms with Gasteiger partial charge in [-0.3, -0.25) is 4.79 Å². The van der Waals surface area contributed by atoms with Crippen LogP contribution in [0.5, 0.6) is 5.75 Å². The standard InChI is InChI=1S/C15H19N3O2S2/c1-15(2,3)12(19)16-13-17-18-14(22-13)21-9-10-6-5-7-11(8-10)20-4/h5-8H,9H2,1-4H3,(H,16,17,19). The molecule has 0 atom stereocenters. The molecule has 0 unspecified atom stereocenters. The molecule has 0 aliphatic carbocycles. The molecule has 1 heterocycles. The van der Waals surface area contributed by atoms with E-state index in [2.05, 4.69) is 15.5 Å². The van der Waals surface area contributed by atoms with E-state index in [9.17, 15) is 4.79 Å². The quantitative estimate of drug-likeness (QED) is 0.664. The van der Waals surface area contributed by atoms with E-state index in [1.54, 1.807) is 18.9 Å². The van der Waals surface area contributed by atoms with Crippen LogP contribution in [0.2, 0.25) is 0 Å². The van der Waals surface area contributed by atoms with Gasteiger partial charge in [0.1, 0.15) is 5.75 Å². The molecule has 5 nitrogen and oxygen atoms in total. The number of nitrogens with one attached hydrogen (secondary N) is 1. The van der Waals surface area contributed by atoms with E-state index in [4.69, 9.17) is 4.74 Å². The highest BCUT2D eigenvalue weighted by Gasteiger charge is 2.22. The number of hydrogen-bond acceptors (Lipinski definition) is 6. The number of aromatic nitrogens is 2. The molecule has 2 rings (SSSR count). The van der Waals surface area contributed by atoms with E-state index in [1.807, 2.05) is 45.0 Å². The Morgan fingerprint density at radius 2 is 2.14 bits per heavy atom. The maximum atomic E-state index is 11.9. The predicted octanol–water partition coefficient (Wildman–Crippen LogP) is 3.82. The van der Waals surface area contributed by atoms with Gasteiger partial charge in [-0.25, -0.2) is 0 Å². The molecule has 1 N–H and O–H groups in total. The molecule has 7 heteroatoms. The van der Waals surface area contributed by atoms with Crippen LogP contribution in [0.25, 0.3) is 0 Å². The number of nitrogens with zero attached hydrogens (tertiary/aromatic N) is 2. The molecule has 0 saturated heterocycles. The average molecular weight is 337 g/mol.